The summed E-state index contributed by atoms with van der Waals surface area (Å²) in [5.74, 6) is 0.660. The minimum absolute atomic E-state index is 0.326. The van der Waals surface area contributed by atoms with Gasteiger partial charge < -0.3 is 5.11 Å². The van der Waals surface area contributed by atoms with Crippen LogP contribution < -0.4 is 5.19 Å². The molecule has 16 heavy (non-hydrogen) atoms. The third kappa shape index (κ3) is 3.19. The fourth-order valence-corrected chi connectivity index (χ4v) is 5.31. The van der Waals surface area contributed by atoms with Crippen LogP contribution >= 0.6 is 0 Å². The zero-order valence-corrected chi connectivity index (χ0v) is 11.9. The van der Waals surface area contributed by atoms with E-state index in [1.807, 2.05) is 0 Å². The molecule has 0 fully saturated rings. The van der Waals surface area contributed by atoms with E-state index in [2.05, 4.69) is 57.3 Å². The number of rotatable bonds is 5. The molecule has 0 heterocycles. The second kappa shape index (κ2) is 5.64. The van der Waals surface area contributed by atoms with Crippen LogP contribution in [0.5, 0.6) is 0 Å². The van der Waals surface area contributed by atoms with Crippen LogP contribution in [0.3, 0.4) is 0 Å². The van der Waals surface area contributed by atoms with E-state index >= 15 is 0 Å². The Hall–Kier alpha value is -0.603. The normalized spacial score (nSPS) is 14.1. The van der Waals surface area contributed by atoms with Crippen LogP contribution in [-0.4, -0.2) is 19.8 Å². The molecule has 1 nitrogen and oxygen atoms in total. The van der Waals surface area contributed by atoms with Crippen molar-refractivity contribution in [3.05, 3.63) is 30.3 Å². The van der Waals surface area contributed by atoms with Crippen molar-refractivity contribution >= 4 is 13.3 Å². The highest BCUT2D eigenvalue weighted by Gasteiger charge is 2.33. The van der Waals surface area contributed by atoms with E-state index in [0.29, 0.717) is 18.1 Å². The topological polar surface area (TPSA) is 20.2 Å². The van der Waals surface area contributed by atoms with Gasteiger partial charge in [-0.25, -0.2) is 0 Å². The minimum Gasteiger partial charge on any atom is -0.396 e. The molecule has 1 aromatic carbocycles. The fraction of sp³-hybridized carbons (Fsp3) is 0.571. The molecule has 0 aromatic heterocycles. The zero-order chi connectivity index (χ0) is 12.2. The maximum absolute atomic E-state index is 9.61. The number of benzene rings is 1. The molecule has 0 saturated heterocycles. The monoisotopic (exact) mass is 236 g/mol. The second-order valence-electron chi connectivity index (χ2n) is 5.60. The maximum Gasteiger partial charge on any atom is 0.0859 e. The summed E-state index contributed by atoms with van der Waals surface area (Å²) >= 11 is 0. The molecular weight excluding hydrogens is 212 g/mol. The standard InChI is InChI=1S/C14H24OSi/c1-12(2)10-14(11-15)16(3,4)13-8-6-5-7-9-13/h5-9,12,14-15H,10-11H2,1-4H3. The smallest absolute Gasteiger partial charge is 0.0859 e. The maximum atomic E-state index is 9.61. The van der Waals surface area contributed by atoms with Gasteiger partial charge in [0.15, 0.2) is 0 Å². The third-order valence-electron chi connectivity index (χ3n) is 3.51. The highest BCUT2D eigenvalue weighted by atomic mass is 28.3. The van der Waals surface area contributed by atoms with Crippen LogP contribution in [0, 0.1) is 5.92 Å². The Balaban J connectivity index is 2.90. The quantitative estimate of drug-likeness (QED) is 0.779. The Morgan fingerprint density at radius 1 is 1.12 bits per heavy atom. The lowest BCUT2D eigenvalue weighted by Crippen LogP contribution is -2.47. The number of hydrogen-bond acceptors (Lipinski definition) is 1. The number of aliphatic hydroxyl groups excluding tert-OH is 1. The first-order valence-electron chi connectivity index (χ1n) is 6.15. The first-order valence-corrected chi connectivity index (χ1v) is 9.22. The molecule has 1 rings (SSSR count). The van der Waals surface area contributed by atoms with Crippen LogP contribution in [0.4, 0.5) is 0 Å². The van der Waals surface area contributed by atoms with Crippen molar-refractivity contribution in [3.63, 3.8) is 0 Å². The molecule has 0 radical (unpaired) electrons. The molecule has 1 unspecified atom stereocenters. The average Bonchev–Trinajstić information content (AvgIpc) is 2.26. The molecule has 0 aliphatic heterocycles. The van der Waals surface area contributed by atoms with E-state index < -0.39 is 8.07 Å². The predicted octanol–water partition coefficient (Wildman–Crippen LogP) is 3.01. The van der Waals surface area contributed by atoms with Crippen LogP contribution in [0.15, 0.2) is 30.3 Å². The third-order valence-corrected chi connectivity index (χ3v) is 7.80. The second-order valence-corrected chi connectivity index (χ2v) is 10.4. The Morgan fingerprint density at radius 2 is 1.69 bits per heavy atom. The summed E-state index contributed by atoms with van der Waals surface area (Å²) in [4.78, 5) is 0. The minimum atomic E-state index is -1.52. The van der Waals surface area contributed by atoms with Gasteiger partial charge >= 0.3 is 0 Å². The van der Waals surface area contributed by atoms with Gasteiger partial charge in [-0.1, -0.05) is 62.5 Å². The Labute approximate surface area is 101 Å². The van der Waals surface area contributed by atoms with Crippen molar-refractivity contribution < 1.29 is 5.11 Å². The molecule has 0 aliphatic carbocycles. The average molecular weight is 236 g/mol. The molecule has 0 saturated carbocycles. The summed E-state index contributed by atoms with van der Waals surface area (Å²) in [6.45, 7) is 9.53. The van der Waals surface area contributed by atoms with Gasteiger partial charge in [-0.15, -0.1) is 0 Å². The number of aliphatic hydroxyl groups is 1. The molecule has 0 amide bonds. The van der Waals surface area contributed by atoms with E-state index in [-0.39, 0.29) is 0 Å². The van der Waals surface area contributed by atoms with Gasteiger partial charge in [0.2, 0.25) is 0 Å². The van der Waals surface area contributed by atoms with Gasteiger partial charge in [0.05, 0.1) is 8.07 Å². The van der Waals surface area contributed by atoms with Gasteiger partial charge in [-0.3, -0.25) is 0 Å². The van der Waals surface area contributed by atoms with Crippen molar-refractivity contribution in [2.75, 3.05) is 6.61 Å². The van der Waals surface area contributed by atoms with Crippen molar-refractivity contribution in [1.82, 2.24) is 0 Å². The SMILES string of the molecule is CC(C)CC(CO)[Si](C)(C)c1ccccc1. The summed E-state index contributed by atoms with van der Waals surface area (Å²) < 4.78 is 0. The molecular formula is C14H24OSi. The summed E-state index contributed by atoms with van der Waals surface area (Å²) in [6, 6.07) is 10.7. The van der Waals surface area contributed by atoms with Crippen LogP contribution in [0.25, 0.3) is 0 Å². The Bertz CT molecular complexity index is 306. The molecule has 90 valence electrons. The first kappa shape index (κ1) is 13.5. The summed E-state index contributed by atoms with van der Waals surface area (Å²) in [6.07, 6.45) is 1.13. The summed E-state index contributed by atoms with van der Waals surface area (Å²) in [5.41, 5.74) is 0.467. The summed E-state index contributed by atoms with van der Waals surface area (Å²) in [5, 5.41) is 11.1. The summed E-state index contributed by atoms with van der Waals surface area (Å²) in [7, 11) is -1.52. The van der Waals surface area contributed by atoms with Crippen molar-refractivity contribution in [3.8, 4) is 0 Å². The van der Waals surface area contributed by atoms with Gasteiger partial charge in [0, 0.05) is 6.61 Å². The molecule has 1 aromatic rings. The van der Waals surface area contributed by atoms with Gasteiger partial charge in [-0.2, -0.15) is 0 Å². The van der Waals surface area contributed by atoms with Gasteiger partial charge in [0.25, 0.3) is 0 Å². The molecule has 0 bridgehead atoms. The predicted molar refractivity (Wildman–Crippen MR) is 73.8 cm³/mol. The van der Waals surface area contributed by atoms with Crippen molar-refractivity contribution in [1.29, 1.82) is 0 Å². The lowest BCUT2D eigenvalue weighted by molar-refractivity contribution is 0.273. The lowest BCUT2D eigenvalue weighted by atomic mass is 10.1. The van der Waals surface area contributed by atoms with Crippen LogP contribution in [0.1, 0.15) is 20.3 Å². The van der Waals surface area contributed by atoms with E-state index in [4.69, 9.17) is 0 Å². The highest BCUT2D eigenvalue weighted by Crippen LogP contribution is 2.28. The zero-order valence-electron chi connectivity index (χ0n) is 10.9. The largest absolute Gasteiger partial charge is 0.396 e. The fourth-order valence-electron chi connectivity index (χ4n) is 2.27. The van der Waals surface area contributed by atoms with E-state index in [0.717, 1.165) is 6.42 Å². The van der Waals surface area contributed by atoms with Crippen molar-refractivity contribution in [2.45, 2.75) is 38.9 Å². The Kier molecular flexibility index (Phi) is 4.75. The van der Waals surface area contributed by atoms with Gasteiger partial charge in [-0.05, 0) is 17.9 Å². The molecule has 2 heteroatoms. The van der Waals surface area contributed by atoms with E-state index in [1.165, 1.54) is 5.19 Å². The van der Waals surface area contributed by atoms with Crippen LogP contribution in [-0.2, 0) is 0 Å². The Morgan fingerprint density at radius 3 is 2.12 bits per heavy atom. The molecule has 0 spiro atoms. The molecule has 1 N–H and O–H groups in total. The van der Waals surface area contributed by atoms with E-state index in [1.54, 1.807) is 0 Å². The van der Waals surface area contributed by atoms with Crippen molar-refractivity contribution in [2.24, 2.45) is 5.92 Å². The molecule has 0 aliphatic rings. The molecule has 1 atom stereocenters. The highest BCUT2D eigenvalue weighted by molar-refractivity contribution is 6.91. The number of hydrogen-bond donors (Lipinski definition) is 1. The first-order chi connectivity index (χ1) is 7.48. The van der Waals surface area contributed by atoms with Gasteiger partial charge in [0.1, 0.15) is 0 Å². The lowest BCUT2D eigenvalue weighted by Gasteiger charge is -2.33. The van der Waals surface area contributed by atoms with Crippen LogP contribution in [0.2, 0.25) is 18.6 Å². The van der Waals surface area contributed by atoms with E-state index in [9.17, 15) is 5.11 Å².